The van der Waals surface area contributed by atoms with Crippen molar-refractivity contribution in [2.24, 2.45) is 10.7 Å². The molecule has 28 heavy (non-hydrogen) atoms. The summed E-state index contributed by atoms with van der Waals surface area (Å²) >= 11 is 0. The lowest BCUT2D eigenvalue weighted by molar-refractivity contribution is 0.214. The Bertz CT molecular complexity index is 797. The molecule has 152 valence electrons. The number of furan rings is 1. The molecule has 3 rings (SSSR count). The zero-order valence-electron chi connectivity index (χ0n) is 16.9. The maximum Gasteiger partial charge on any atom is 0.188 e. The maximum atomic E-state index is 6.11. The van der Waals surface area contributed by atoms with Gasteiger partial charge in [-0.05, 0) is 62.7 Å². The highest BCUT2D eigenvalue weighted by molar-refractivity contribution is 5.77. The third-order valence-corrected chi connectivity index (χ3v) is 5.03. The van der Waals surface area contributed by atoms with Gasteiger partial charge in [0.15, 0.2) is 17.5 Å². The summed E-state index contributed by atoms with van der Waals surface area (Å²) in [5, 5.41) is 3.26. The van der Waals surface area contributed by atoms with Crippen molar-refractivity contribution in [3.8, 4) is 11.5 Å². The topological polar surface area (TPSA) is 85.2 Å². The summed E-state index contributed by atoms with van der Waals surface area (Å²) in [6, 6.07) is 9.95. The van der Waals surface area contributed by atoms with Gasteiger partial charge in [0.05, 0.1) is 26.8 Å². The molecule has 1 unspecified atom stereocenters. The fourth-order valence-corrected chi connectivity index (χ4v) is 3.51. The fraction of sp³-hybridized carbons (Fsp3) is 0.476. The van der Waals surface area contributed by atoms with Gasteiger partial charge >= 0.3 is 0 Å². The largest absolute Gasteiger partial charge is 0.493 e. The number of aryl methyl sites for hydroxylation is 1. The molecule has 0 bridgehead atoms. The van der Waals surface area contributed by atoms with Crippen molar-refractivity contribution in [1.82, 2.24) is 10.2 Å². The molecule has 1 saturated heterocycles. The van der Waals surface area contributed by atoms with E-state index in [0.717, 1.165) is 30.2 Å². The molecule has 1 atom stereocenters. The number of nitrogens with zero attached hydrogens (tertiary/aromatic N) is 2. The Labute approximate surface area is 166 Å². The van der Waals surface area contributed by atoms with Crippen LogP contribution in [0.2, 0.25) is 0 Å². The summed E-state index contributed by atoms with van der Waals surface area (Å²) < 4.78 is 16.5. The van der Waals surface area contributed by atoms with Crippen LogP contribution in [0.25, 0.3) is 0 Å². The van der Waals surface area contributed by atoms with Crippen LogP contribution in [0.1, 0.15) is 36.0 Å². The quantitative estimate of drug-likeness (QED) is 0.536. The third kappa shape index (κ3) is 4.98. The number of hydrogen-bond acceptors (Lipinski definition) is 5. The fourth-order valence-electron chi connectivity index (χ4n) is 3.51. The van der Waals surface area contributed by atoms with Crippen LogP contribution in [0.3, 0.4) is 0 Å². The van der Waals surface area contributed by atoms with Crippen molar-refractivity contribution in [3.63, 3.8) is 0 Å². The molecule has 0 radical (unpaired) electrons. The molecule has 1 aromatic heterocycles. The molecular formula is C21H30N4O3. The molecule has 3 N–H and O–H groups in total. The Morgan fingerprint density at radius 1 is 1.18 bits per heavy atom. The van der Waals surface area contributed by atoms with Crippen molar-refractivity contribution in [2.75, 3.05) is 33.9 Å². The number of aliphatic imine (C=N–C) groups is 1. The first-order valence-corrected chi connectivity index (χ1v) is 9.65. The van der Waals surface area contributed by atoms with Crippen molar-refractivity contribution < 1.29 is 13.9 Å². The van der Waals surface area contributed by atoms with Crippen LogP contribution in [-0.2, 0) is 6.54 Å². The number of benzene rings is 1. The van der Waals surface area contributed by atoms with E-state index < -0.39 is 0 Å². The minimum Gasteiger partial charge on any atom is -0.493 e. The van der Waals surface area contributed by atoms with Gasteiger partial charge in [0.1, 0.15) is 11.5 Å². The van der Waals surface area contributed by atoms with Crippen LogP contribution in [0, 0.1) is 6.92 Å². The number of methoxy groups -OCH3 is 2. The highest BCUT2D eigenvalue weighted by atomic mass is 16.5. The van der Waals surface area contributed by atoms with Crippen LogP contribution in [0.5, 0.6) is 11.5 Å². The Balaban J connectivity index is 1.61. The van der Waals surface area contributed by atoms with Gasteiger partial charge in [-0.2, -0.15) is 0 Å². The first-order chi connectivity index (χ1) is 13.6. The molecule has 2 aromatic rings. The Morgan fingerprint density at radius 2 is 1.93 bits per heavy atom. The second kappa shape index (κ2) is 9.50. The van der Waals surface area contributed by atoms with Crippen molar-refractivity contribution in [3.05, 3.63) is 47.4 Å². The van der Waals surface area contributed by atoms with E-state index in [9.17, 15) is 0 Å². The van der Waals surface area contributed by atoms with Gasteiger partial charge in [-0.3, -0.25) is 4.90 Å². The number of ether oxygens (including phenoxy) is 2. The number of hydrogen-bond donors (Lipinski definition) is 2. The van der Waals surface area contributed by atoms with Gasteiger partial charge in [-0.15, -0.1) is 0 Å². The molecule has 0 aliphatic carbocycles. The molecule has 2 heterocycles. The lowest BCUT2D eigenvalue weighted by Gasteiger charge is -2.26. The van der Waals surface area contributed by atoms with Gasteiger partial charge in [-0.1, -0.05) is 6.07 Å². The molecule has 1 fully saturated rings. The Hall–Kier alpha value is -2.67. The van der Waals surface area contributed by atoms with Gasteiger partial charge < -0.3 is 24.9 Å². The van der Waals surface area contributed by atoms with Gasteiger partial charge in [-0.25, -0.2) is 4.99 Å². The third-order valence-electron chi connectivity index (χ3n) is 5.03. The number of rotatable bonds is 8. The summed E-state index contributed by atoms with van der Waals surface area (Å²) in [6.45, 7) is 5.25. The minimum atomic E-state index is 0.158. The molecule has 1 aliphatic rings. The van der Waals surface area contributed by atoms with E-state index in [1.807, 2.05) is 31.2 Å². The number of likely N-dealkylation sites (tertiary alicyclic amines) is 1. The minimum absolute atomic E-state index is 0.158. The van der Waals surface area contributed by atoms with Crippen molar-refractivity contribution in [1.29, 1.82) is 0 Å². The van der Waals surface area contributed by atoms with Crippen LogP contribution >= 0.6 is 0 Å². The SMILES string of the molecule is COc1ccc(CN=C(N)NCC(c2ccc(C)o2)N2CCCC2)cc1OC. The second-order valence-corrected chi connectivity index (χ2v) is 6.98. The summed E-state index contributed by atoms with van der Waals surface area (Å²) in [4.78, 5) is 6.90. The van der Waals surface area contributed by atoms with Crippen LogP contribution in [0.15, 0.2) is 39.7 Å². The summed E-state index contributed by atoms with van der Waals surface area (Å²) in [5.41, 5.74) is 7.11. The highest BCUT2D eigenvalue weighted by Gasteiger charge is 2.25. The van der Waals surface area contributed by atoms with E-state index in [1.54, 1.807) is 14.2 Å². The standard InChI is InChI=1S/C21H30N4O3/c1-15-6-8-18(28-15)17(25-10-4-5-11-25)14-24-21(22)23-13-16-7-9-19(26-2)20(12-16)27-3/h6-9,12,17H,4-5,10-11,13-14H2,1-3H3,(H3,22,23,24). The number of nitrogens with one attached hydrogen (secondary N) is 1. The highest BCUT2D eigenvalue weighted by Crippen LogP contribution is 2.28. The van der Waals surface area contributed by atoms with E-state index in [4.69, 9.17) is 19.6 Å². The molecule has 1 aliphatic heterocycles. The number of nitrogens with two attached hydrogens (primary N) is 1. The predicted octanol–water partition coefficient (Wildman–Crippen LogP) is 2.85. The monoisotopic (exact) mass is 386 g/mol. The van der Waals surface area contributed by atoms with Crippen LogP contribution in [-0.4, -0.2) is 44.7 Å². The first-order valence-electron chi connectivity index (χ1n) is 9.65. The van der Waals surface area contributed by atoms with E-state index in [1.165, 1.54) is 12.8 Å². The van der Waals surface area contributed by atoms with E-state index in [2.05, 4.69) is 21.3 Å². The van der Waals surface area contributed by atoms with Crippen LogP contribution in [0.4, 0.5) is 0 Å². The zero-order chi connectivity index (χ0) is 19.9. The molecular weight excluding hydrogens is 356 g/mol. The van der Waals surface area contributed by atoms with Crippen molar-refractivity contribution >= 4 is 5.96 Å². The smallest absolute Gasteiger partial charge is 0.188 e. The summed E-state index contributed by atoms with van der Waals surface area (Å²) in [6.07, 6.45) is 2.44. The number of guanidine groups is 1. The van der Waals surface area contributed by atoms with E-state index in [0.29, 0.717) is 30.5 Å². The Kier molecular flexibility index (Phi) is 6.81. The zero-order valence-corrected chi connectivity index (χ0v) is 16.9. The van der Waals surface area contributed by atoms with E-state index in [-0.39, 0.29) is 6.04 Å². The molecule has 0 amide bonds. The average molecular weight is 386 g/mol. The Morgan fingerprint density at radius 3 is 2.57 bits per heavy atom. The van der Waals surface area contributed by atoms with Gasteiger partial charge in [0, 0.05) is 6.54 Å². The van der Waals surface area contributed by atoms with Crippen molar-refractivity contribution in [2.45, 2.75) is 32.4 Å². The maximum absolute atomic E-state index is 6.11. The molecule has 0 spiro atoms. The predicted molar refractivity (Wildman–Crippen MR) is 110 cm³/mol. The normalized spacial score (nSPS) is 16.2. The molecule has 7 nitrogen and oxygen atoms in total. The molecule has 0 saturated carbocycles. The molecule has 1 aromatic carbocycles. The summed E-state index contributed by atoms with van der Waals surface area (Å²) in [7, 11) is 3.24. The molecule has 7 heteroatoms. The second-order valence-electron chi connectivity index (χ2n) is 6.98. The lowest BCUT2D eigenvalue weighted by atomic mass is 10.2. The average Bonchev–Trinajstić information content (AvgIpc) is 3.38. The van der Waals surface area contributed by atoms with Gasteiger partial charge in [0.25, 0.3) is 0 Å². The van der Waals surface area contributed by atoms with Crippen LogP contribution < -0.4 is 20.5 Å². The first kappa shape index (κ1) is 20.1. The van der Waals surface area contributed by atoms with Gasteiger partial charge in [0.2, 0.25) is 0 Å². The lowest BCUT2D eigenvalue weighted by Crippen LogP contribution is -2.40. The summed E-state index contributed by atoms with van der Waals surface area (Å²) in [5.74, 6) is 3.70. The van der Waals surface area contributed by atoms with E-state index >= 15 is 0 Å².